The molecule has 4 aliphatic heterocycles. The van der Waals surface area contributed by atoms with Gasteiger partial charge >= 0.3 is 23.9 Å². The van der Waals surface area contributed by atoms with E-state index >= 15 is 0 Å². The van der Waals surface area contributed by atoms with Crippen LogP contribution in [-0.4, -0.2) is 126 Å². The van der Waals surface area contributed by atoms with Crippen LogP contribution in [-0.2, 0) is 41.9 Å². The van der Waals surface area contributed by atoms with Gasteiger partial charge in [0.1, 0.15) is 57.3 Å². The number of carboxylic acids is 4. The van der Waals surface area contributed by atoms with Crippen LogP contribution in [0.1, 0.15) is 188 Å². The maximum Gasteiger partial charge on any atom is 0.340 e. The number of ether oxygens (including phenoxy) is 2. The van der Waals surface area contributed by atoms with Gasteiger partial charge in [-0.1, -0.05) is 70.9 Å². The molecule has 454 valence electrons. The van der Waals surface area contributed by atoms with Crippen LogP contribution < -0.4 is 9.47 Å². The zero-order valence-electron chi connectivity index (χ0n) is 49.1. The molecule has 6 atom stereocenters. The van der Waals surface area contributed by atoms with E-state index in [2.05, 4.69) is 45.1 Å². The average Bonchev–Trinajstić information content (AvgIpc) is 2.08. The molecule has 85 heavy (non-hydrogen) atoms. The van der Waals surface area contributed by atoms with Crippen LogP contribution in [0.4, 0.5) is 0 Å². The van der Waals surface area contributed by atoms with E-state index in [9.17, 15) is 79.8 Å². The number of hydrogen-bond donors (Lipinski definition) is 10. The summed E-state index contributed by atoms with van der Waals surface area (Å²) < 4.78 is 12.7. The van der Waals surface area contributed by atoms with E-state index in [-0.39, 0.29) is 77.6 Å². The number of carbonyl (C=O) groups is 6. The predicted octanol–water partition coefficient (Wildman–Crippen LogP) is 10.1. The number of aliphatic hydroxyl groups excluding tert-OH is 2. The summed E-state index contributed by atoms with van der Waals surface area (Å²) in [7, 11) is 0. The van der Waals surface area contributed by atoms with Gasteiger partial charge in [0, 0.05) is 47.1 Å². The molecule has 20 nitrogen and oxygen atoms in total. The lowest BCUT2D eigenvalue weighted by molar-refractivity contribution is -0.143. The van der Waals surface area contributed by atoms with Crippen LogP contribution in [0.2, 0.25) is 0 Å². The van der Waals surface area contributed by atoms with E-state index in [0.717, 1.165) is 48.8 Å². The van der Waals surface area contributed by atoms with Crippen LogP contribution in [0.25, 0.3) is 0 Å². The van der Waals surface area contributed by atoms with Gasteiger partial charge in [-0.15, -0.1) is 0 Å². The first-order valence-corrected chi connectivity index (χ1v) is 28.2. The van der Waals surface area contributed by atoms with E-state index in [1.165, 1.54) is 39.3 Å². The third-order valence-electron chi connectivity index (χ3n) is 16.4. The predicted molar refractivity (Wildman–Crippen MR) is 312 cm³/mol. The van der Waals surface area contributed by atoms with Crippen molar-refractivity contribution >= 4 is 35.7 Å². The zero-order valence-corrected chi connectivity index (χ0v) is 49.1. The largest absolute Gasteiger partial charge is 0.508 e. The van der Waals surface area contributed by atoms with Gasteiger partial charge in [0.2, 0.25) is 0 Å². The van der Waals surface area contributed by atoms with Crippen molar-refractivity contribution in [3.63, 3.8) is 0 Å². The van der Waals surface area contributed by atoms with E-state index in [4.69, 9.17) is 9.47 Å². The van der Waals surface area contributed by atoms with Gasteiger partial charge in [-0.25, -0.2) is 19.2 Å². The van der Waals surface area contributed by atoms with Gasteiger partial charge < -0.3 is 70.3 Å². The summed E-state index contributed by atoms with van der Waals surface area (Å²) in [5.41, 5.74) is 2.35. The first-order chi connectivity index (χ1) is 40.0. The van der Waals surface area contributed by atoms with Gasteiger partial charge in [-0.2, -0.15) is 0 Å². The van der Waals surface area contributed by atoms with E-state index in [0.29, 0.717) is 48.1 Å². The van der Waals surface area contributed by atoms with Crippen LogP contribution in [0.5, 0.6) is 34.5 Å². The zero-order chi connectivity index (χ0) is 62.6. The molecule has 0 saturated carbocycles. The topological polar surface area (TPSA) is 330 Å². The number of aromatic carboxylic acids is 2. The molecule has 8 rings (SSSR count). The summed E-state index contributed by atoms with van der Waals surface area (Å²) in [4.78, 5) is 77.9. The molecule has 4 aromatic rings. The Morgan fingerprint density at radius 3 is 1.47 bits per heavy atom. The van der Waals surface area contributed by atoms with Crippen molar-refractivity contribution in [2.75, 3.05) is 0 Å². The molecular formula is C65H76N2O18. The number of benzene rings is 4. The summed E-state index contributed by atoms with van der Waals surface area (Å²) in [6, 6.07) is 7.55. The Morgan fingerprint density at radius 1 is 0.576 bits per heavy atom. The smallest absolute Gasteiger partial charge is 0.340 e. The van der Waals surface area contributed by atoms with Gasteiger partial charge in [-0.05, 0) is 137 Å². The lowest BCUT2D eigenvalue weighted by atomic mass is 9.84. The molecule has 10 N–H and O–H groups in total. The normalized spacial score (nSPS) is 20.3. The number of carbonyl (C=O) groups excluding carboxylic acids is 2. The number of nitrogens with zero attached hydrogens (tertiary/aromatic N) is 2. The molecule has 6 unspecified atom stereocenters. The Hall–Kier alpha value is -8.62. The molecule has 0 aliphatic carbocycles. The molecule has 0 spiro atoms. The first kappa shape index (κ1) is 64.0. The number of amides is 2. The third kappa shape index (κ3) is 13.8. The van der Waals surface area contributed by atoms with Crippen molar-refractivity contribution in [3.8, 4) is 34.5 Å². The summed E-state index contributed by atoms with van der Waals surface area (Å²) in [6.45, 7) is 15.5. The van der Waals surface area contributed by atoms with Crippen LogP contribution in [0, 0.1) is 0 Å². The van der Waals surface area contributed by atoms with Crippen LogP contribution >= 0.6 is 0 Å². The van der Waals surface area contributed by atoms with E-state index in [1.54, 1.807) is 25.1 Å². The van der Waals surface area contributed by atoms with E-state index in [1.807, 2.05) is 27.7 Å². The molecular weight excluding hydrogens is 1100 g/mol. The molecule has 4 aromatic carbocycles. The summed E-state index contributed by atoms with van der Waals surface area (Å²) in [5, 5.41) is 104. The highest BCUT2D eigenvalue weighted by Crippen LogP contribution is 2.50. The summed E-state index contributed by atoms with van der Waals surface area (Å²) >= 11 is 0. The SMILES string of the molecule is CC(C)=CCC/C(C)=C/CCC1(C)Oc2c(c(O)cc3c2CN(C(C(=O)O)c2ccc(O)c(C(=O)O)c2C(=O)O)C3=O)CC1O.CC(C)=CCC/C(C)=C/CCC1(C)Oc2c(c(O)cc3c2CN(C(Cc2ccccc2O)C(=O)O)C3=O)CC1O. The number of rotatable bonds is 21. The number of phenolic OH excluding ortho intramolecular Hbond substituents is 3. The number of para-hydroxylation sites is 1. The number of aliphatic carboxylic acids is 2. The van der Waals surface area contributed by atoms with Crippen molar-refractivity contribution < 1.29 is 89.3 Å². The minimum Gasteiger partial charge on any atom is -0.508 e. The number of allylic oxidation sites excluding steroid dienone is 8. The number of hydrogen-bond acceptors (Lipinski definition) is 14. The maximum atomic E-state index is 13.6. The molecule has 4 heterocycles. The van der Waals surface area contributed by atoms with Gasteiger partial charge in [0.25, 0.3) is 11.8 Å². The second kappa shape index (κ2) is 26.1. The lowest BCUT2D eigenvalue weighted by Gasteiger charge is -2.41. The quantitative estimate of drug-likeness (QED) is 0.0347. The molecule has 0 aromatic heterocycles. The second-order valence-electron chi connectivity index (χ2n) is 23.4. The van der Waals surface area contributed by atoms with Crippen molar-refractivity contribution in [2.24, 2.45) is 0 Å². The van der Waals surface area contributed by atoms with Gasteiger partial charge in [0.15, 0.2) is 6.04 Å². The van der Waals surface area contributed by atoms with Crippen molar-refractivity contribution in [3.05, 3.63) is 151 Å². The summed E-state index contributed by atoms with van der Waals surface area (Å²) in [6.07, 6.45) is 12.8. The Labute approximate surface area is 492 Å². The number of fused-ring (bicyclic) bond motifs is 6. The molecule has 4 aliphatic rings. The number of aromatic hydroxyl groups is 4. The lowest BCUT2D eigenvalue weighted by Crippen LogP contribution is -2.49. The average molecular weight is 1170 g/mol. The fraction of sp³-hybridized carbons (Fsp3) is 0.415. The number of carboxylic acid groups (broad SMARTS) is 4. The highest BCUT2D eigenvalue weighted by Gasteiger charge is 2.49. The van der Waals surface area contributed by atoms with Gasteiger partial charge in [0.05, 0.1) is 42.0 Å². The van der Waals surface area contributed by atoms with Crippen molar-refractivity contribution in [1.82, 2.24) is 9.80 Å². The highest BCUT2D eigenvalue weighted by molar-refractivity contribution is 6.07. The molecule has 0 saturated heterocycles. The maximum absolute atomic E-state index is 13.6. The fourth-order valence-corrected chi connectivity index (χ4v) is 11.4. The van der Waals surface area contributed by atoms with Crippen LogP contribution in [0.15, 0.2) is 95.1 Å². The molecule has 0 fully saturated rings. The van der Waals surface area contributed by atoms with Crippen molar-refractivity contribution in [1.29, 1.82) is 0 Å². The number of phenols is 4. The Bertz CT molecular complexity index is 3440. The first-order valence-electron chi connectivity index (χ1n) is 28.2. The van der Waals surface area contributed by atoms with E-state index < -0.39 is 93.6 Å². The van der Waals surface area contributed by atoms with Gasteiger partial charge in [-0.3, -0.25) is 9.59 Å². The Kier molecular flexibility index (Phi) is 19.6. The minimum absolute atomic E-state index is 0.00780. The highest BCUT2D eigenvalue weighted by atomic mass is 16.5. The van der Waals surface area contributed by atoms with Crippen LogP contribution in [0.3, 0.4) is 0 Å². The Balaban J connectivity index is 0.000000245. The second-order valence-corrected chi connectivity index (χ2v) is 23.4. The van der Waals surface area contributed by atoms with Crippen molar-refractivity contribution in [2.45, 2.75) is 175 Å². The Morgan fingerprint density at radius 2 is 1.04 bits per heavy atom. The molecule has 2 amide bonds. The standard InChI is InChI=1S/C33H37NO11.C32H39NO7/c1-16(2)7-5-8-17(3)9-6-12-33(4)24(37)14-20-23(36)13-19-21(28(20)45-33)15-34(29(19)38)27(32(43)44)18-10-11-22(35)26(31(41)42)25(18)30(39)40;1-19(2)9-7-10-20(3)11-8-14-32(4)28(36)17-23-27(35)16-22-24(29(23)40-32)18-33(30(22)37)25(31(38)39)15-21-12-5-6-13-26(21)34/h7,9-11,13,24,27,35-37H,5-6,8,12,14-15H2,1-4H3,(H,39,40)(H,41,42)(H,43,44);5-6,9,11-13,16,25,28,34-36H,7-8,10,14-15,17-18H2,1-4H3,(H,38,39)/b17-9+;20-11+. The number of aliphatic hydroxyl groups is 2. The molecule has 20 heteroatoms. The fourth-order valence-electron chi connectivity index (χ4n) is 11.4. The monoisotopic (exact) mass is 1170 g/mol. The minimum atomic E-state index is -1.97. The third-order valence-corrected chi connectivity index (χ3v) is 16.4. The summed E-state index contributed by atoms with van der Waals surface area (Å²) in [5.74, 6) is -8.76. The molecule has 0 radical (unpaired) electrons. The molecule has 0 bridgehead atoms.